The van der Waals surface area contributed by atoms with Gasteiger partial charge >= 0.3 is 0 Å². The summed E-state index contributed by atoms with van der Waals surface area (Å²) >= 11 is 0. The van der Waals surface area contributed by atoms with Crippen molar-refractivity contribution in [3.8, 4) is 6.07 Å². The summed E-state index contributed by atoms with van der Waals surface area (Å²) in [5.41, 5.74) is -0.510. The molecule has 0 aromatic carbocycles. The largest absolute Gasteiger partial charge is 0.368 e. The standard InChI is InChI=1S/C11H18N2O2/c1-11(2,7-12)8-13-10(14)9-5-3-4-6-15-9/h9H,3-6,8H2,1-2H3,(H,13,14). The van der Waals surface area contributed by atoms with E-state index < -0.39 is 5.41 Å². The molecule has 15 heavy (non-hydrogen) atoms. The molecule has 0 saturated carbocycles. The molecule has 1 saturated heterocycles. The van der Waals surface area contributed by atoms with E-state index in [2.05, 4.69) is 11.4 Å². The van der Waals surface area contributed by atoms with Gasteiger partial charge in [0.05, 0.1) is 11.5 Å². The van der Waals surface area contributed by atoms with Gasteiger partial charge in [-0.15, -0.1) is 0 Å². The van der Waals surface area contributed by atoms with Crippen molar-refractivity contribution in [2.75, 3.05) is 13.2 Å². The van der Waals surface area contributed by atoms with E-state index >= 15 is 0 Å². The molecule has 1 rings (SSSR count). The molecule has 1 atom stereocenters. The molecule has 1 N–H and O–H groups in total. The molecule has 4 nitrogen and oxygen atoms in total. The molecule has 1 aliphatic rings. The summed E-state index contributed by atoms with van der Waals surface area (Å²) in [6.07, 6.45) is 2.56. The van der Waals surface area contributed by atoms with Crippen LogP contribution in [-0.4, -0.2) is 25.2 Å². The maximum atomic E-state index is 11.6. The summed E-state index contributed by atoms with van der Waals surface area (Å²) < 4.78 is 5.34. The number of hydrogen-bond acceptors (Lipinski definition) is 3. The minimum absolute atomic E-state index is 0.0852. The van der Waals surface area contributed by atoms with E-state index in [1.165, 1.54) is 0 Å². The summed E-state index contributed by atoms with van der Waals surface area (Å²) in [5.74, 6) is -0.0852. The summed E-state index contributed by atoms with van der Waals surface area (Å²) in [7, 11) is 0. The highest BCUT2D eigenvalue weighted by Crippen LogP contribution is 2.14. The van der Waals surface area contributed by atoms with Crippen LogP contribution in [0.4, 0.5) is 0 Å². The third-order valence-electron chi connectivity index (χ3n) is 2.48. The smallest absolute Gasteiger partial charge is 0.249 e. The fraction of sp³-hybridized carbons (Fsp3) is 0.818. The van der Waals surface area contributed by atoms with E-state index in [1.54, 1.807) is 13.8 Å². The van der Waals surface area contributed by atoms with Crippen molar-refractivity contribution in [1.29, 1.82) is 5.26 Å². The zero-order chi connectivity index (χ0) is 11.3. The van der Waals surface area contributed by atoms with Crippen LogP contribution in [0, 0.1) is 16.7 Å². The van der Waals surface area contributed by atoms with Gasteiger partial charge in [-0.25, -0.2) is 0 Å². The summed E-state index contributed by atoms with van der Waals surface area (Å²) in [6.45, 7) is 4.64. The molecule has 1 aliphatic heterocycles. The summed E-state index contributed by atoms with van der Waals surface area (Å²) in [5, 5.41) is 11.5. The van der Waals surface area contributed by atoms with Gasteiger partial charge in [0.1, 0.15) is 6.10 Å². The predicted octanol–water partition coefficient (Wildman–Crippen LogP) is 1.22. The van der Waals surface area contributed by atoms with Crippen LogP contribution in [0.25, 0.3) is 0 Å². The zero-order valence-electron chi connectivity index (χ0n) is 9.38. The first-order valence-corrected chi connectivity index (χ1v) is 5.36. The van der Waals surface area contributed by atoms with E-state index in [0.717, 1.165) is 19.3 Å². The van der Waals surface area contributed by atoms with Crippen molar-refractivity contribution < 1.29 is 9.53 Å². The Labute approximate surface area is 90.6 Å². The first-order valence-electron chi connectivity index (χ1n) is 5.36. The number of hydrogen-bond donors (Lipinski definition) is 1. The van der Waals surface area contributed by atoms with E-state index in [-0.39, 0.29) is 12.0 Å². The molecule has 0 spiro atoms. The SMILES string of the molecule is CC(C)(C#N)CNC(=O)C1CCCCO1. The number of ether oxygens (including phenoxy) is 1. The third kappa shape index (κ3) is 3.88. The molecule has 0 aromatic rings. The van der Waals surface area contributed by atoms with Crippen molar-refractivity contribution in [2.45, 2.75) is 39.2 Å². The minimum atomic E-state index is -0.510. The maximum Gasteiger partial charge on any atom is 0.249 e. The third-order valence-corrected chi connectivity index (χ3v) is 2.48. The molecule has 1 amide bonds. The Kier molecular flexibility index (Phi) is 4.10. The summed E-state index contributed by atoms with van der Waals surface area (Å²) in [4.78, 5) is 11.6. The van der Waals surface area contributed by atoms with Crippen LogP contribution in [0.2, 0.25) is 0 Å². The van der Waals surface area contributed by atoms with E-state index in [0.29, 0.717) is 13.2 Å². The average Bonchev–Trinajstić information content (AvgIpc) is 2.27. The molecule has 1 unspecified atom stereocenters. The number of nitrogens with one attached hydrogen (secondary N) is 1. The molecule has 84 valence electrons. The Morgan fingerprint density at radius 2 is 2.33 bits per heavy atom. The topological polar surface area (TPSA) is 62.1 Å². The lowest BCUT2D eigenvalue weighted by Gasteiger charge is -2.23. The quantitative estimate of drug-likeness (QED) is 0.761. The fourth-order valence-electron chi connectivity index (χ4n) is 1.41. The Morgan fingerprint density at radius 1 is 1.60 bits per heavy atom. The van der Waals surface area contributed by atoms with Gasteiger partial charge in [0, 0.05) is 13.2 Å². The Balaban J connectivity index is 2.32. The molecule has 0 aromatic heterocycles. The molecule has 4 heteroatoms. The Hall–Kier alpha value is -1.08. The highest BCUT2D eigenvalue weighted by atomic mass is 16.5. The number of carbonyl (C=O) groups excluding carboxylic acids is 1. The van der Waals surface area contributed by atoms with Gasteiger partial charge in [-0.05, 0) is 33.1 Å². The van der Waals surface area contributed by atoms with Crippen LogP contribution in [0.15, 0.2) is 0 Å². The van der Waals surface area contributed by atoms with Gasteiger partial charge in [-0.1, -0.05) is 0 Å². The van der Waals surface area contributed by atoms with Gasteiger partial charge in [0.15, 0.2) is 0 Å². The van der Waals surface area contributed by atoms with Crippen LogP contribution in [0.5, 0.6) is 0 Å². The van der Waals surface area contributed by atoms with E-state index in [1.807, 2.05) is 0 Å². The molecular formula is C11H18N2O2. The highest BCUT2D eigenvalue weighted by molar-refractivity contribution is 5.80. The first kappa shape index (κ1) is 12.0. The second-order valence-corrected chi connectivity index (χ2v) is 4.57. The number of carbonyl (C=O) groups is 1. The molecule has 0 radical (unpaired) electrons. The number of rotatable bonds is 3. The van der Waals surface area contributed by atoms with Crippen LogP contribution >= 0.6 is 0 Å². The van der Waals surface area contributed by atoms with Gasteiger partial charge in [-0.2, -0.15) is 5.26 Å². The molecule has 1 fully saturated rings. The minimum Gasteiger partial charge on any atom is -0.368 e. The van der Waals surface area contributed by atoms with Gasteiger partial charge in [-0.3, -0.25) is 4.79 Å². The van der Waals surface area contributed by atoms with E-state index in [4.69, 9.17) is 10.00 Å². The number of amides is 1. The van der Waals surface area contributed by atoms with Crippen molar-refractivity contribution in [3.05, 3.63) is 0 Å². The molecule has 0 aliphatic carbocycles. The lowest BCUT2D eigenvalue weighted by atomic mass is 9.96. The Morgan fingerprint density at radius 3 is 2.87 bits per heavy atom. The monoisotopic (exact) mass is 210 g/mol. The summed E-state index contributed by atoms with van der Waals surface area (Å²) in [6, 6.07) is 2.14. The van der Waals surface area contributed by atoms with Crippen LogP contribution in [0.3, 0.4) is 0 Å². The second kappa shape index (κ2) is 5.13. The molecular weight excluding hydrogens is 192 g/mol. The molecule has 1 heterocycles. The van der Waals surface area contributed by atoms with Gasteiger partial charge in [0.2, 0.25) is 5.91 Å². The molecule has 0 bridgehead atoms. The van der Waals surface area contributed by atoms with Crippen molar-refractivity contribution in [1.82, 2.24) is 5.32 Å². The average molecular weight is 210 g/mol. The normalized spacial score (nSPS) is 21.8. The highest BCUT2D eigenvalue weighted by Gasteiger charge is 2.24. The van der Waals surface area contributed by atoms with Gasteiger partial charge < -0.3 is 10.1 Å². The van der Waals surface area contributed by atoms with Crippen LogP contribution < -0.4 is 5.32 Å². The zero-order valence-corrected chi connectivity index (χ0v) is 9.38. The van der Waals surface area contributed by atoms with Crippen molar-refractivity contribution in [2.24, 2.45) is 5.41 Å². The van der Waals surface area contributed by atoms with Crippen molar-refractivity contribution in [3.63, 3.8) is 0 Å². The first-order chi connectivity index (χ1) is 7.05. The second-order valence-electron chi connectivity index (χ2n) is 4.57. The number of nitriles is 1. The maximum absolute atomic E-state index is 11.6. The van der Waals surface area contributed by atoms with Crippen LogP contribution in [-0.2, 0) is 9.53 Å². The lowest BCUT2D eigenvalue weighted by Crippen LogP contribution is -2.42. The van der Waals surface area contributed by atoms with E-state index in [9.17, 15) is 4.79 Å². The van der Waals surface area contributed by atoms with Gasteiger partial charge in [0.25, 0.3) is 0 Å². The predicted molar refractivity (Wildman–Crippen MR) is 56.0 cm³/mol. The lowest BCUT2D eigenvalue weighted by molar-refractivity contribution is -0.135. The van der Waals surface area contributed by atoms with Crippen LogP contribution in [0.1, 0.15) is 33.1 Å². The van der Waals surface area contributed by atoms with Crippen molar-refractivity contribution >= 4 is 5.91 Å². The number of nitrogens with zero attached hydrogens (tertiary/aromatic N) is 1. The fourth-order valence-corrected chi connectivity index (χ4v) is 1.41. The Bertz CT molecular complexity index is 262.